The number of nitrogens with two attached hydrogens (primary N) is 1. The molecule has 72 valence electrons. The van der Waals surface area contributed by atoms with Crippen LogP contribution in [0.25, 0.3) is 0 Å². The number of pyridine rings is 1. The van der Waals surface area contributed by atoms with Crippen molar-refractivity contribution in [1.29, 1.82) is 0 Å². The van der Waals surface area contributed by atoms with E-state index in [0.717, 1.165) is 22.1 Å². The van der Waals surface area contributed by atoms with Crippen molar-refractivity contribution >= 4 is 23.4 Å². The van der Waals surface area contributed by atoms with Crippen molar-refractivity contribution in [1.82, 2.24) is 4.98 Å². The van der Waals surface area contributed by atoms with Gasteiger partial charge in [0.15, 0.2) is 0 Å². The lowest BCUT2D eigenvalue weighted by molar-refractivity contribution is 0.847. The fourth-order valence-electron chi connectivity index (χ4n) is 0.876. The van der Waals surface area contributed by atoms with Crippen LogP contribution in [-0.4, -0.2) is 16.8 Å². The van der Waals surface area contributed by atoms with Crippen LogP contribution >= 0.6 is 23.4 Å². The summed E-state index contributed by atoms with van der Waals surface area (Å²) in [6.07, 6.45) is 3.43. The van der Waals surface area contributed by atoms with Gasteiger partial charge < -0.3 is 5.73 Å². The van der Waals surface area contributed by atoms with Crippen LogP contribution in [0, 0.1) is 0 Å². The van der Waals surface area contributed by atoms with E-state index in [4.69, 9.17) is 17.3 Å². The van der Waals surface area contributed by atoms with Crippen LogP contribution in [0.2, 0.25) is 5.02 Å². The molecule has 0 bridgehead atoms. The molecule has 0 radical (unpaired) electrons. The lowest BCUT2D eigenvalue weighted by atomic mass is 10.3. The summed E-state index contributed by atoms with van der Waals surface area (Å²) in [5.74, 6) is 1.86. The van der Waals surface area contributed by atoms with Crippen molar-refractivity contribution in [2.24, 2.45) is 5.73 Å². The fourth-order valence-corrected chi connectivity index (χ4v) is 2.10. The van der Waals surface area contributed by atoms with Gasteiger partial charge in [0.1, 0.15) is 0 Å². The molecule has 2 nitrogen and oxygen atoms in total. The highest BCUT2D eigenvalue weighted by Crippen LogP contribution is 2.19. The van der Waals surface area contributed by atoms with Crippen LogP contribution in [0.4, 0.5) is 0 Å². The third-order valence-corrected chi connectivity index (χ3v) is 3.11. The number of thioether (sulfide) groups is 1. The van der Waals surface area contributed by atoms with E-state index >= 15 is 0 Å². The minimum Gasteiger partial charge on any atom is -0.327 e. The van der Waals surface area contributed by atoms with Gasteiger partial charge in [0, 0.05) is 29.9 Å². The highest BCUT2D eigenvalue weighted by Gasteiger charge is 2.00. The summed E-state index contributed by atoms with van der Waals surface area (Å²) < 4.78 is 0. The first-order valence-corrected chi connectivity index (χ1v) is 5.65. The van der Waals surface area contributed by atoms with Crippen LogP contribution in [0.5, 0.6) is 0 Å². The number of rotatable bonds is 4. The predicted octanol–water partition coefficient (Wildman–Crippen LogP) is 2.32. The monoisotopic (exact) mass is 216 g/mol. The van der Waals surface area contributed by atoms with Gasteiger partial charge in [-0.2, -0.15) is 11.8 Å². The van der Waals surface area contributed by atoms with Gasteiger partial charge in [-0.05, 0) is 18.6 Å². The molecule has 4 heteroatoms. The highest BCUT2D eigenvalue weighted by molar-refractivity contribution is 7.98. The average molecular weight is 217 g/mol. The molecular weight excluding hydrogens is 204 g/mol. The van der Waals surface area contributed by atoms with E-state index in [1.165, 1.54) is 0 Å². The quantitative estimate of drug-likeness (QED) is 0.840. The van der Waals surface area contributed by atoms with Crippen molar-refractivity contribution < 1.29 is 0 Å². The predicted molar refractivity (Wildman–Crippen MR) is 59.1 cm³/mol. The van der Waals surface area contributed by atoms with Crippen LogP contribution in [0.1, 0.15) is 12.5 Å². The van der Waals surface area contributed by atoms with E-state index in [-0.39, 0.29) is 6.04 Å². The zero-order valence-corrected chi connectivity index (χ0v) is 9.11. The Labute approximate surface area is 87.9 Å². The standard InChI is InChI=1S/C9H13ClN2S/c1-7(11)5-13-6-8-2-3-12-4-9(8)10/h2-4,7H,5-6,11H2,1H3. The summed E-state index contributed by atoms with van der Waals surface area (Å²) in [6, 6.07) is 2.18. The van der Waals surface area contributed by atoms with Crippen LogP contribution in [0.15, 0.2) is 18.5 Å². The Hall–Kier alpha value is -0.250. The van der Waals surface area contributed by atoms with Gasteiger partial charge in [0.2, 0.25) is 0 Å². The van der Waals surface area contributed by atoms with Crippen molar-refractivity contribution in [3.05, 3.63) is 29.0 Å². The zero-order valence-electron chi connectivity index (χ0n) is 7.53. The molecule has 1 aromatic heterocycles. The van der Waals surface area contributed by atoms with Gasteiger partial charge in [-0.25, -0.2) is 0 Å². The first-order valence-electron chi connectivity index (χ1n) is 4.12. The number of aromatic nitrogens is 1. The third kappa shape index (κ3) is 3.98. The minimum atomic E-state index is 0.241. The number of hydrogen-bond donors (Lipinski definition) is 1. The zero-order chi connectivity index (χ0) is 9.68. The summed E-state index contributed by atoms with van der Waals surface area (Å²) in [4.78, 5) is 3.92. The molecule has 13 heavy (non-hydrogen) atoms. The summed E-state index contributed by atoms with van der Waals surface area (Å²) in [5.41, 5.74) is 6.76. The lowest BCUT2D eigenvalue weighted by Crippen LogP contribution is -2.17. The Kier molecular flexibility index (Phi) is 4.56. The maximum atomic E-state index is 5.93. The maximum absolute atomic E-state index is 5.93. The van der Waals surface area contributed by atoms with Gasteiger partial charge in [-0.1, -0.05) is 11.6 Å². The Bertz CT molecular complexity index is 266. The van der Waals surface area contributed by atoms with E-state index in [1.807, 2.05) is 13.0 Å². The van der Waals surface area contributed by atoms with Gasteiger partial charge >= 0.3 is 0 Å². The molecule has 0 fully saturated rings. The molecule has 0 aliphatic rings. The van der Waals surface area contributed by atoms with Crippen molar-refractivity contribution in [3.63, 3.8) is 0 Å². The molecule has 1 rings (SSSR count). The van der Waals surface area contributed by atoms with Crippen LogP contribution in [-0.2, 0) is 5.75 Å². The van der Waals surface area contributed by atoms with E-state index < -0.39 is 0 Å². The Balaban J connectivity index is 2.41. The molecule has 1 atom stereocenters. The Morgan fingerprint density at radius 1 is 1.69 bits per heavy atom. The Morgan fingerprint density at radius 3 is 3.08 bits per heavy atom. The third-order valence-electron chi connectivity index (χ3n) is 1.49. The molecule has 0 aliphatic carbocycles. The van der Waals surface area contributed by atoms with Gasteiger partial charge in [-0.15, -0.1) is 0 Å². The van der Waals surface area contributed by atoms with Gasteiger partial charge in [0.05, 0.1) is 5.02 Å². The van der Waals surface area contributed by atoms with Crippen LogP contribution in [0.3, 0.4) is 0 Å². The van der Waals surface area contributed by atoms with E-state index in [9.17, 15) is 0 Å². The summed E-state index contributed by atoms with van der Waals surface area (Å²) in [5, 5.41) is 0.736. The second-order valence-electron chi connectivity index (χ2n) is 2.96. The second-order valence-corrected chi connectivity index (χ2v) is 4.40. The molecule has 2 N–H and O–H groups in total. The number of nitrogens with zero attached hydrogens (tertiary/aromatic N) is 1. The highest BCUT2D eigenvalue weighted by atomic mass is 35.5. The SMILES string of the molecule is CC(N)CSCc1ccncc1Cl. The fraction of sp³-hybridized carbons (Fsp3) is 0.444. The molecule has 0 saturated carbocycles. The number of halogens is 1. The molecule has 1 unspecified atom stereocenters. The Morgan fingerprint density at radius 2 is 2.46 bits per heavy atom. The van der Waals surface area contributed by atoms with Crippen molar-refractivity contribution in [2.45, 2.75) is 18.7 Å². The summed E-state index contributed by atoms with van der Waals surface area (Å²) >= 11 is 7.72. The van der Waals surface area contributed by atoms with E-state index in [1.54, 1.807) is 24.2 Å². The second kappa shape index (κ2) is 5.47. The van der Waals surface area contributed by atoms with Crippen molar-refractivity contribution in [3.8, 4) is 0 Å². The lowest BCUT2D eigenvalue weighted by Gasteiger charge is -2.05. The van der Waals surface area contributed by atoms with Gasteiger partial charge in [-0.3, -0.25) is 4.98 Å². The normalized spacial score (nSPS) is 12.8. The first-order chi connectivity index (χ1) is 6.20. The van der Waals surface area contributed by atoms with Crippen molar-refractivity contribution in [2.75, 3.05) is 5.75 Å². The topological polar surface area (TPSA) is 38.9 Å². The number of hydrogen-bond acceptors (Lipinski definition) is 3. The maximum Gasteiger partial charge on any atom is 0.0629 e. The van der Waals surface area contributed by atoms with E-state index in [0.29, 0.717) is 0 Å². The molecular formula is C9H13ClN2S. The first kappa shape index (κ1) is 10.8. The molecule has 0 aromatic carbocycles. The molecule has 0 spiro atoms. The smallest absolute Gasteiger partial charge is 0.0629 e. The molecule has 1 heterocycles. The minimum absolute atomic E-state index is 0.241. The molecule has 0 saturated heterocycles. The molecule has 1 aromatic rings. The van der Waals surface area contributed by atoms with Crippen LogP contribution < -0.4 is 5.73 Å². The van der Waals surface area contributed by atoms with E-state index in [2.05, 4.69) is 4.98 Å². The molecule has 0 aliphatic heterocycles. The average Bonchev–Trinajstić information content (AvgIpc) is 2.08. The van der Waals surface area contributed by atoms with Gasteiger partial charge in [0.25, 0.3) is 0 Å². The summed E-state index contributed by atoms with van der Waals surface area (Å²) in [7, 11) is 0. The summed E-state index contributed by atoms with van der Waals surface area (Å²) in [6.45, 7) is 2.00. The molecule has 0 amide bonds. The largest absolute Gasteiger partial charge is 0.327 e.